The number of carbonyl (C=O) groups excluding carboxylic acids is 4. The lowest BCUT2D eigenvalue weighted by Crippen LogP contribution is -2.01. The predicted molar refractivity (Wildman–Crippen MR) is 154 cm³/mol. The van der Waals surface area contributed by atoms with Crippen LogP contribution in [0.3, 0.4) is 0 Å². The van der Waals surface area contributed by atoms with Crippen molar-refractivity contribution in [3.05, 3.63) is 72.9 Å². The molecule has 8 nitrogen and oxygen atoms in total. The molecule has 0 bridgehead atoms. The highest BCUT2D eigenvalue weighted by atomic mass is 16.5. The van der Waals surface area contributed by atoms with Gasteiger partial charge in [-0.1, -0.05) is 60.8 Å². The summed E-state index contributed by atoms with van der Waals surface area (Å²) in [5.74, 6) is -0.446. The molecule has 39 heavy (non-hydrogen) atoms. The highest BCUT2D eigenvalue weighted by Crippen LogP contribution is 2.03. The molecule has 0 aromatic rings. The van der Waals surface area contributed by atoms with Crippen LogP contribution in [0.1, 0.15) is 58.8 Å². The fourth-order valence-corrected chi connectivity index (χ4v) is 2.53. The van der Waals surface area contributed by atoms with E-state index in [2.05, 4.69) is 9.47 Å². The normalized spacial score (nSPS) is 13.4. The van der Waals surface area contributed by atoms with Gasteiger partial charge in [0.1, 0.15) is 0 Å². The Morgan fingerprint density at radius 1 is 0.513 bits per heavy atom. The standard InChI is InChI=1S/C16H24O4.C15H22O4/c1-14(19-2)10-6-4-5-7-11-15(17)12-8-9-13-16(18)20-3;1-13(18-2)9-6-4-5-7-10-14(16)11-8-12-15(17)19-3/h4-7,10-11,14H,8-9,12-13H2,1-3H3;4-7,9-10,13H,8,11-12H2,1-3H3. The van der Waals surface area contributed by atoms with Crippen LogP contribution in [0.15, 0.2) is 72.9 Å². The Morgan fingerprint density at radius 3 is 1.28 bits per heavy atom. The van der Waals surface area contributed by atoms with Crippen molar-refractivity contribution in [2.24, 2.45) is 0 Å². The number of rotatable bonds is 19. The van der Waals surface area contributed by atoms with E-state index in [1.54, 1.807) is 44.6 Å². The smallest absolute Gasteiger partial charge is 0.305 e. The lowest BCUT2D eigenvalue weighted by atomic mass is 10.1. The van der Waals surface area contributed by atoms with Crippen molar-refractivity contribution in [3.63, 3.8) is 0 Å². The van der Waals surface area contributed by atoms with Crippen LogP contribution in [-0.4, -0.2) is 64.2 Å². The van der Waals surface area contributed by atoms with Gasteiger partial charge in [-0.2, -0.15) is 0 Å². The molecule has 0 radical (unpaired) electrons. The van der Waals surface area contributed by atoms with E-state index in [1.807, 2.05) is 50.3 Å². The average molecular weight is 547 g/mol. The zero-order valence-electron chi connectivity index (χ0n) is 24.3. The molecule has 8 heteroatoms. The number of ketones is 2. The molecule has 0 saturated heterocycles. The van der Waals surface area contributed by atoms with Gasteiger partial charge in [0.05, 0.1) is 26.4 Å². The summed E-state index contributed by atoms with van der Waals surface area (Å²) in [5.41, 5.74) is 0. The first-order valence-electron chi connectivity index (χ1n) is 13.0. The van der Waals surface area contributed by atoms with Crippen molar-refractivity contribution >= 4 is 23.5 Å². The van der Waals surface area contributed by atoms with Gasteiger partial charge in [0, 0.05) is 39.9 Å². The molecule has 0 aliphatic carbocycles. The highest BCUT2D eigenvalue weighted by Gasteiger charge is 2.02. The molecule has 0 spiro atoms. The fourth-order valence-electron chi connectivity index (χ4n) is 2.53. The number of unbranched alkanes of at least 4 members (excludes halogenated alkanes) is 1. The Kier molecular flexibility index (Phi) is 26.8. The third kappa shape index (κ3) is 29.1. The topological polar surface area (TPSA) is 105 Å². The minimum absolute atomic E-state index is 0.00259. The lowest BCUT2D eigenvalue weighted by Gasteiger charge is -1.99. The number of ether oxygens (including phenoxy) is 4. The summed E-state index contributed by atoms with van der Waals surface area (Å²) in [7, 11) is 6.00. The van der Waals surface area contributed by atoms with Crippen LogP contribution in [0.2, 0.25) is 0 Å². The Labute approximate surface area is 234 Å². The molecule has 0 N–H and O–H groups in total. The summed E-state index contributed by atoms with van der Waals surface area (Å²) in [6.07, 6.45) is 24.8. The summed E-state index contributed by atoms with van der Waals surface area (Å²) in [6.45, 7) is 3.88. The van der Waals surface area contributed by atoms with Gasteiger partial charge in [-0.15, -0.1) is 0 Å². The quantitative estimate of drug-likeness (QED) is 0.0893. The molecular weight excluding hydrogens is 500 g/mol. The number of esters is 2. The summed E-state index contributed by atoms with van der Waals surface area (Å²) in [5, 5.41) is 0. The molecule has 0 fully saturated rings. The van der Waals surface area contributed by atoms with Gasteiger partial charge in [-0.3, -0.25) is 19.2 Å². The second-order valence-corrected chi connectivity index (χ2v) is 8.29. The maximum Gasteiger partial charge on any atom is 0.305 e. The minimum atomic E-state index is -0.283. The van der Waals surface area contributed by atoms with Crippen LogP contribution in [0, 0.1) is 0 Å². The van der Waals surface area contributed by atoms with Crippen LogP contribution in [-0.2, 0) is 38.1 Å². The molecule has 0 heterocycles. The Morgan fingerprint density at radius 2 is 0.872 bits per heavy atom. The minimum Gasteiger partial charge on any atom is -0.469 e. The van der Waals surface area contributed by atoms with Crippen molar-refractivity contribution in [3.8, 4) is 0 Å². The Balaban J connectivity index is 0. The number of methoxy groups -OCH3 is 4. The molecule has 0 aliphatic rings. The van der Waals surface area contributed by atoms with Gasteiger partial charge in [0.15, 0.2) is 11.6 Å². The van der Waals surface area contributed by atoms with Crippen molar-refractivity contribution in [2.45, 2.75) is 71.0 Å². The lowest BCUT2D eigenvalue weighted by molar-refractivity contribution is -0.141. The van der Waals surface area contributed by atoms with Crippen LogP contribution >= 0.6 is 0 Å². The first-order chi connectivity index (χ1) is 18.7. The molecule has 0 rings (SSSR count). The maximum atomic E-state index is 11.5. The van der Waals surface area contributed by atoms with E-state index >= 15 is 0 Å². The zero-order chi connectivity index (χ0) is 29.7. The van der Waals surface area contributed by atoms with Crippen molar-refractivity contribution in [1.82, 2.24) is 0 Å². The summed E-state index contributed by atoms with van der Waals surface area (Å²) >= 11 is 0. The molecule has 0 amide bonds. The van der Waals surface area contributed by atoms with Crippen LogP contribution in [0.25, 0.3) is 0 Å². The molecule has 218 valence electrons. The highest BCUT2D eigenvalue weighted by molar-refractivity contribution is 5.90. The van der Waals surface area contributed by atoms with E-state index in [4.69, 9.17) is 9.47 Å². The molecule has 0 aromatic carbocycles. The first-order valence-corrected chi connectivity index (χ1v) is 13.0. The van der Waals surface area contributed by atoms with Gasteiger partial charge in [0.25, 0.3) is 0 Å². The van der Waals surface area contributed by atoms with Gasteiger partial charge in [0.2, 0.25) is 0 Å². The van der Waals surface area contributed by atoms with E-state index in [-0.39, 0.29) is 42.1 Å². The number of hydrogen-bond acceptors (Lipinski definition) is 8. The summed E-state index contributed by atoms with van der Waals surface area (Å²) in [6, 6.07) is 0. The molecule has 0 saturated carbocycles. The van der Waals surface area contributed by atoms with E-state index in [9.17, 15) is 19.2 Å². The molecule has 0 aromatic heterocycles. The van der Waals surface area contributed by atoms with E-state index in [1.165, 1.54) is 20.3 Å². The van der Waals surface area contributed by atoms with E-state index in [0.717, 1.165) is 0 Å². The van der Waals surface area contributed by atoms with E-state index < -0.39 is 0 Å². The number of allylic oxidation sites excluding steroid dienone is 10. The monoisotopic (exact) mass is 546 g/mol. The number of carbonyl (C=O) groups is 4. The Hall–Kier alpha value is -3.36. The number of hydrogen-bond donors (Lipinski definition) is 0. The third-order valence-electron chi connectivity index (χ3n) is 5.05. The van der Waals surface area contributed by atoms with Gasteiger partial charge in [-0.25, -0.2) is 0 Å². The molecular formula is C31H46O8. The third-order valence-corrected chi connectivity index (χ3v) is 5.05. The van der Waals surface area contributed by atoms with Crippen LogP contribution in [0.4, 0.5) is 0 Å². The van der Waals surface area contributed by atoms with Crippen molar-refractivity contribution in [1.29, 1.82) is 0 Å². The summed E-state index contributed by atoms with van der Waals surface area (Å²) in [4.78, 5) is 44.5. The van der Waals surface area contributed by atoms with Gasteiger partial charge in [-0.05, 0) is 45.3 Å². The van der Waals surface area contributed by atoms with Gasteiger partial charge >= 0.3 is 11.9 Å². The SMILES string of the molecule is COC(=O)CCCC(=O)C=CC=CC=CC(C)OC.COC(=O)CCCCC(=O)C=CC=CC=CC(C)OC. The molecule has 2 atom stereocenters. The largest absolute Gasteiger partial charge is 0.469 e. The van der Waals surface area contributed by atoms with Crippen molar-refractivity contribution < 1.29 is 38.1 Å². The van der Waals surface area contributed by atoms with Crippen molar-refractivity contribution in [2.75, 3.05) is 28.4 Å². The predicted octanol–water partition coefficient (Wildman–Crippen LogP) is 5.59. The zero-order valence-corrected chi connectivity index (χ0v) is 24.3. The second kappa shape index (κ2) is 27.7. The molecule has 2 unspecified atom stereocenters. The van der Waals surface area contributed by atoms with E-state index in [0.29, 0.717) is 38.5 Å². The maximum absolute atomic E-state index is 11.5. The summed E-state index contributed by atoms with van der Waals surface area (Å²) < 4.78 is 19.1. The van der Waals surface area contributed by atoms with Gasteiger partial charge < -0.3 is 18.9 Å². The first kappa shape index (κ1) is 37.8. The Bertz CT molecular complexity index is 862. The van der Waals surface area contributed by atoms with Crippen LogP contribution in [0.5, 0.6) is 0 Å². The van der Waals surface area contributed by atoms with Crippen LogP contribution < -0.4 is 0 Å². The average Bonchev–Trinajstić information content (AvgIpc) is 2.94. The fraction of sp³-hybridized carbons (Fsp3) is 0.484. The second-order valence-electron chi connectivity index (χ2n) is 8.29. The molecule has 0 aliphatic heterocycles.